The summed E-state index contributed by atoms with van der Waals surface area (Å²) in [7, 11) is 0. The van der Waals surface area contributed by atoms with Crippen LogP contribution in [0.25, 0.3) is 0 Å². The van der Waals surface area contributed by atoms with Crippen molar-refractivity contribution in [3.05, 3.63) is 95.3 Å². The van der Waals surface area contributed by atoms with Crippen molar-refractivity contribution in [3.8, 4) is 5.75 Å². The molecule has 3 aromatic rings. The monoisotopic (exact) mass is 420 g/mol. The number of anilines is 1. The van der Waals surface area contributed by atoms with Crippen molar-refractivity contribution < 1.29 is 18.7 Å². The maximum absolute atomic E-state index is 13.0. The summed E-state index contributed by atoms with van der Waals surface area (Å²) in [5.41, 5.74) is 2.32. The molecule has 3 aromatic carbocycles. The minimum Gasteiger partial charge on any atom is -0.489 e. The van der Waals surface area contributed by atoms with E-state index in [1.165, 1.54) is 12.1 Å². The minimum absolute atomic E-state index is 0.0720. The molecule has 0 bridgehead atoms. The first-order valence-corrected chi connectivity index (χ1v) is 10.2. The second-order valence-corrected chi connectivity index (χ2v) is 6.96. The first kappa shape index (κ1) is 22.0. The quantitative estimate of drug-likeness (QED) is 0.549. The highest BCUT2D eigenvalue weighted by Crippen LogP contribution is 2.18. The summed E-state index contributed by atoms with van der Waals surface area (Å²) in [6.45, 7) is 5.37. The Morgan fingerprint density at radius 2 is 1.58 bits per heavy atom. The summed E-state index contributed by atoms with van der Waals surface area (Å²) in [6, 6.07) is 19.8. The van der Waals surface area contributed by atoms with Gasteiger partial charge in [0.05, 0.1) is 0 Å². The predicted molar refractivity (Wildman–Crippen MR) is 119 cm³/mol. The molecule has 3 rings (SSSR count). The first-order valence-electron chi connectivity index (χ1n) is 10.2. The van der Waals surface area contributed by atoms with E-state index in [-0.39, 0.29) is 24.2 Å². The van der Waals surface area contributed by atoms with Crippen LogP contribution >= 0.6 is 0 Å². The summed E-state index contributed by atoms with van der Waals surface area (Å²) in [5.74, 6) is -0.148. The van der Waals surface area contributed by atoms with E-state index in [0.717, 1.165) is 5.56 Å². The summed E-state index contributed by atoms with van der Waals surface area (Å²) < 4.78 is 18.7. The zero-order valence-electron chi connectivity index (χ0n) is 17.6. The van der Waals surface area contributed by atoms with Gasteiger partial charge in [-0.15, -0.1) is 0 Å². The van der Waals surface area contributed by atoms with E-state index in [4.69, 9.17) is 4.74 Å². The molecule has 0 aromatic heterocycles. The molecule has 0 aliphatic heterocycles. The maximum atomic E-state index is 13.0. The number of nitrogens with one attached hydrogen (secondary N) is 1. The van der Waals surface area contributed by atoms with Crippen LogP contribution in [0.4, 0.5) is 10.1 Å². The number of ether oxygens (including phenoxy) is 1. The molecule has 5 nitrogen and oxygen atoms in total. The van der Waals surface area contributed by atoms with Crippen LogP contribution < -0.4 is 10.1 Å². The Bertz CT molecular complexity index is 1050. The second kappa shape index (κ2) is 10.4. The molecule has 0 saturated carbocycles. The molecule has 0 atom stereocenters. The smallest absolute Gasteiger partial charge is 0.255 e. The van der Waals surface area contributed by atoms with Crippen LogP contribution in [0.3, 0.4) is 0 Å². The third-order valence-electron chi connectivity index (χ3n) is 4.83. The standard InChI is InChI=1S/C25H25FN2O3/c1-3-28(4-2)25(30)20-8-5-9-22(15-20)27-24(29)19-7-6-10-23(16-19)31-17-18-11-13-21(26)14-12-18/h5-16H,3-4,17H2,1-2H3,(H,27,29). The molecule has 0 heterocycles. The Morgan fingerprint density at radius 1 is 0.903 bits per heavy atom. The van der Waals surface area contributed by atoms with Crippen LogP contribution in [-0.2, 0) is 6.61 Å². The highest BCUT2D eigenvalue weighted by Gasteiger charge is 2.14. The Balaban J connectivity index is 1.67. The van der Waals surface area contributed by atoms with Gasteiger partial charge in [0.25, 0.3) is 11.8 Å². The molecule has 0 unspecified atom stereocenters. The van der Waals surface area contributed by atoms with Crippen molar-refractivity contribution in [2.24, 2.45) is 0 Å². The number of benzene rings is 3. The number of amides is 2. The predicted octanol–water partition coefficient (Wildman–Crippen LogP) is 5.14. The van der Waals surface area contributed by atoms with Gasteiger partial charge in [0.15, 0.2) is 0 Å². The van der Waals surface area contributed by atoms with Gasteiger partial charge in [-0.05, 0) is 67.9 Å². The fourth-order valence-electron chi connectivity index (χ4n) is 3.10. The van der Waals surface area contributed by atoms with E-state index < -0.39 is 0 Å². The highest BCUT2D eigenvalue weighted by atomic mass is 19.1. The zero-order chi connectivity index (χ0) is 22.2. The normalized spacial score (nSPS) is 10.4. The van der Waals surface area contributed by atoms with E-state index in [0.29, 0.717) is 35.7 Å². The van der Waals surface area contributed by atoms with Crippen LogP contribution in [0, 0.1) is 5.82 Å². The summed E-state index contributed by atoms with van der Waals surface area (Å²) in [4.78, 5) is 27.0. The summed E-state index contributed by atoms with van der Waals surface area (Å²) in [5, 5.41) is 2.83. The lowest BCUT2D eigenvalue weighted by atomic mass is 10.1. The van der Waals surface area contributed by atoms with Crippen molar-refractivity contribution in [1.82, 2.24) is 4.90 Å². The maximum Gasteiger partial charge on any atom is 0.255 e. The third-order valence-corrected chi connectivity index (χ3v) is 4.83. The van der Waals surface area contributed by atoms with Gasteiger partial charge >= 0.3 is 0 Å². The zero-order valence-corrected chi connectivity index (χ0v) is 17.6. The van der Waals surface area contributed by atoms with Crippen molar-refractivity contribution in [1.29, 1.82) is 0 Å². The largest absolute Gasteiger partial charge is 0.489 e. The molecule has 0 spiro atoms. The molecule has 2 amide bonds. The van der Waals surface area contributed by atoms with E-state index >= 15 is 0 Å². The second-order valence-electron chi connectivity index (χ2n) is 6.96. The van der Waals surface area contributed by atoms with Crippen LogP contribution in [0.15, 0.2) is 72.8 Å². The minimum atomic E-state index is -0.306. The molecule has 0 saturated heterocycles. The molecule has 31 heavy (non-hydrogen) atoms. The SMILES string of the molecule is CCN(CC)C(=O)c1cccc(NC(=O)c2cccc(OCc3ccc(F)cc3)c2)c1. The van der Waals surface area contributed by atoms with Gasteiger partial charge in [-0.3, -0.25) is 9.59 Å². The van der Waals surface area contributed by atoms with Crippen molar-refractivity contribution in [3.63, 3.8) is 0 Å². The van der Waals surface area contributed by atoms with E-state index in [1.54, 1.807) is 65.6 Å². The van der Waals surface area contributed by atoms with Crippen LogP contribution in [0.5, 0.6) is 5.75 Å². The summed E-state index contributed by atoms with van der Waals surface area (Å²) >= 11 is 0. The van der Waals surface area contributed by atoms with Gasteiger partial charge in [0.1, 0.15) is 18.2 Å². The Labute approximate surface area is 181 Å². The van der Waals surface area contributed by atoms with Crippen LogP contribution in [-0.4, -0.2) is 29.8 Å². The number of rotatable bonds is 8. The van der Waals surface area contributed by atoms with Gasteiger partial charge < -0.3 is 15.0 Å². The number of hydrogen-bond acceptors (Lipinski definition) is 3. The Morgan fingerprint density at radius 3 is 2.29 bits per heavy atom. The fraction of sp³-hybridized carbons (Fsp3) is 0.200. The molecular formula is C25H25FN2O3. The number of carbonyl (C=O) groups is 2. The average molecular weight is 420 g/mol. The van der Waals surface area contributed by atoms with Gasteiger partial charge in [-0.25, -0.2) is 4.39 Å². The van der Waals surface area contributed by atoms with Crippen LogP contribution in [0.2, 0.25) is 0 Å². The fourth-order valence-corrected chi connectivity index (χ4v) is 3.10. The highest BCUT2D eigenvalue weighted by molar-refractivity contribution is 6.05. The van der Waals surface area contributed by atoms with Gasteiger partial charge in [-0.1, -0.05) is 24.3 Å². The Hall–Kier alpha value is -3.67. The third kappa shape index (κ3) is 5.92. The van der Waals surface area contributed by atoms with Crippen molar-refractivity contribution in [2.75, 3.05) is 18.4 Å². The van der Waals surface area contributed by atoms with E-state index in [2.05, 4.69) is 5.32 Å². The molecule has 0 fully saturated rings. The van der Waals surface area contributed by atoms with Gasteiger partial charge in [-0.2, -0.15) is 0 Å². The lowest BCUT2D eigenvalue weighted by molar-refractivity contribution is 0.0772. The summed E-state index contributed by atoms with van der Waals surface area (Å²) in [6.07, 6.45) is 0. The van der Waals surface area contributed by atoms with E-state index in [1.807, 2.05) is 13.8 Å². The molecule has 0 aliphatic rings. The average Bonchev–Trinajstić information content (AvgIpc) is 2.80. The number of carbonyl (C=O) groups excluding carboxylic acids is 2. The lowest BCUT2D eigenvalue weighted by Gasteiger charge is -2.19. The molecule has 0 radical (unpaired) electrons. The van der Waals surface area contributed by atoms with Gasteiger partial charge in [0, 0.05) is 29.9 Å². The topological polar surface area (TPSA) is 58.6 Å². The molecular weight excluding hydrogens is 395 g/mol. The lowest BCUT2D eigenvalue weighted by Crippen LogP contribution is -2.30. The molecule has 6 heteroatoms. The Kier molecular flexibility index (Phi) is 7.38. The number of nitrogens with zero attached hydrogens (tertiary/aromatic N) is 1. The van der Waals surface area contributed by atoms with Crippen molar-refractivity contribution >= 4 is 17.5 Å². The van der Waals surface area contributed by atoms with Gasteiger partial charge in [0.2, 0.25) is 0 Å². The van der Waals surface area contributed by atoms with Crippen LogP contribution in [0.1, 0.15) is 40.1 Å². The number of hydrogen-bond donors (Lipinski definition) is 1. The van der Waals surface area contributed by atoms with E-state index in [9.17, 15) is 14.0 Å². The molecule has 1 N–H and O–H groups in total. The molecule has 160 valence electrons. The van der Waals surface area contributed by atoms with Crippen molar-refractivity contribution in [2.45, 2.75) is 20.5 Å². The molecule has 0 aliphatic carbocycles. The number of halogens is 1. The first-order chi connectivity index (χ1) is 15.0.